The maximum atomic E-state index is 13.0. The molecule has 3 aliphatic heterocycles. The van der Waals surface area contributed by atoms with E-state index in [0.29, 0.717) is 32.7 Å². The zero-order chi connectivity index (χ0) is 22.1. The fourth-order valence-corrected chi connectivity index (χ4v) is 5.83. The van der Waals surface area contributed by atoms with Crippen LogP contribution in [0.3, 0.4) is 0 Å². The first kappa shape index (κ1) is 22.9. The van der Waals surface area contributed by atoms with Crippen molar-refractivity contribution in [1.82, 2.24) is 23.3 Å². The van der Waals surface area contributed by atoms with Gasteiger partial charge in [0.25, 0.3) is 10.2 Å². The number of carbonyl (C=O) groups is 3. The molecule has 2 atom stereocenters. The van der Waals surface area contributed by atoms with Gasteiger partial charge in [-0.15, -0.1) is 0 Å². The molecule has 0 aliphatic carbocycles. The monoisotopic (exact) mass is 445 g/mol. The van der Waals surface area contributed by atoms with Crippen LogP contribution in [0.25, 0.3) is 0 Å². The largest absolute Gasteiger partial charge is 0.373 e. The quantitative estimate of drug-likeness (QED) is 0.461. The number of nitrogens with zero attached hydrogens (tertiary/aromatic N) is 5. The van der Waals surface area contributed by atoms with Crippen LogP contribution < -0.4 is 0 Å². The van der Waals surface area contributed by atoms with Gasteiger partial charge >= 0.3 is 11.8 Å². The second-order valence-electron chi connectivity index (χ2n) is 7.97. The molecule has 3 rings (SSSR count). The predicted octanol–water partition coefficient (Wildman–Crippen LogP) is -1.82. The van der Waals surface area contributed by atoms with Crippen molar-refractivity contribution in [3.8, 4) is 0 Å². The van der Waals surface area contributed by atoms with E-state index < -0.39 is 22.0 Å². The Morgan fingerprint density at radius 1 is 0.900 bits per heavy atom. The molecule has 3 heterocycles. The van der Waals surface area contributed by atoms with Gasteiger partial charge < -0.3 is 19.4 Å². The lowest BCUT2D eigenvalue weighted by Gasteiger charge is -2.40. The fraction of sp³-hybridized carbons (Fsp3) is 0.833. The summed E-state index contributed by atoms with van der Waals surface area (Å²) in [6.45, 7) is 8.07. The van der Waals surface area contributed by atoms with Crippen LogP contribution >= 0.6 is 0 Å². The van der Waals surface area contributed by atoms with Crippen molar-refractivity contribution in [2.75, 3.05) is 65.4 Å². The van der Waals surface area contributed by atoms with Gasteiger partial charge in [-0.25, -0.2) is 0 Å². The number of rotatable bonds is 5. The van der Waals surface area contributed by atoms with E-state index in [1.54, 1.807) is 11.8 Å². The van der Waals surface area contributed by atoms with Gasteiger partial charge in [-0.05, 0) is 20.8 Å². The molecule has 2 unspecified atom stereocenters. The van der Waals surface area contributed by atoms with Crippen molar-refractivity contribution in [3.63, 3.8) is 0 Å². The van der Waals surface area contributed by atoms with Crippen LogP contribution in [0, 0.1) is 0 Å². The summed E-state index contributed by atoms with van der Waals surface area (Å²) in [6, 6.07) is 0. The number of carbonyl (C=O) groups excluding carboxylic acids is 3. The summed E-state index contributed by atoms with van der Waals surface area (Å²) in [5.41, 5.74) is 0. The Kier molecular flexibility index (Phi) is 7.00. The average Bonchev–Trinajstić information content (AvgIpc) is 2.71. The van der Waals surface area contributed by atoms with Crippen molar-refractivity contribution in [2.24, 2.45) is 0 Å². The Balaban J connectivity index is 1.53. The van der Waals surface area contributed by atoms with Crippen LogP contribution in [0.1, 0.15) is 20.8 Å². The minimum Gasteiger partial charge on any atom is -0.373 e. The molecule has 3 saturated heterocycles. The zero-order valence-electron chi connectivity index (χ0n) is 17.8. The number of piperazine rings is 2. The molecule has 11 nitrogen and oxygen atoms in total. The molecule has 0 aromatic heterocycles. The van der Waals surface area contributed by atoms with E-state index in [0.717, 1.165) is 0 Å². The highest BCUT2D eigenvalue weighted by Crippen LogP contribution is 2.19. The molecule has 0 aromatic carbocycles. The van der Waals surface area contributed by atoms with E-state index in [-0.39, 0.29) is 50.8 Å². The lowest BCUT2D eigenvalue weighted by Crippen LogP contribution is -2.59. The highest BCUT2D eigenvalue weighted by Gasteiger charge is 2.38. The summed E-state index contributed by atoms with van der Waals surface area (Å²) in [5, 5.41) is 0. The Labute approximate surface area is 177 Å². The molecule has 12 heteroatoms. The number of amides is 3. The van der Waals surface area contributed by atoms with Crippen molar-refractivity contribution < 1.29 is 27.5 Å². The molecule has 0 aromatic rings. The maximum Gasteiger partial charge on any atom is 0.312 e. The summed E-state index contributed by atoms with van der Waals surface area (Å²) >= 11 is 0. The summed E-state index contributed by atoms with van der Waals surface area (Å²) < 4.78 is 34.4. The van der Waals surface area contributed by atoms with Gasteiger partial charge in [-0.2, -0.15) is 17.0 Å². The first-order valence-electron chi connectivity index (χ1n) is 10.4. The molecule has 170 valence electrons. The third-order valence-electron chi connectivity index (χ3n) is 5.74. The minimum atomic E-state index is -3.62. The summed E-state index contributed by atoms with van der Waals surface area (Å²) in [7, 11) is -3.62. The van der Waals surface area contributed by atoms with Gasteiger partial charge in [0.1, 0.15) is 6.54 Å². The van der Waals surface area contributed by atoms with Crippen molar-refractivity contribution in [1.29, 1.82) is 0 Å². The van der Waals surface area contributed by atoms with Crippen LogP contribution in [0.4, 0.5) is 0 Å². The van der Waals surface area contributed by atoms with Gasteiger partial charge in [-0.1, -0.05) is 0 Å². The summed E-state index contributed by atoms with van der Waals surface area (Å²) in [5.74, 6) is -1.51. The Bertz CT molecular complexity index is 772. The highest BCUT2D eigenvalue weighted by atomic mass is 32.2. The third kappa shape index (κ3) is 4.76. The van der Waals surface area contributed by atoms with Crippen LogP contribution in [-0.4, -0.2) is 127 Å². The van der Waals surface area contributed by atoms with Crippen LogP contribution in [-0.2, 0) is 29.3 Å². The van der Waals surface area contributed by atoms with Crippen molar-refractivity contribution >= 4 is 27.9 Å². The third-order valence-corrected chi connectivity index (χ3v) is 7.70. The molecular weight excluding hydrogens is 414 g/mol. The van der Waals surface area contributed by atoms with Gasteiger partial charge in [0, 0.05) is 58.9 Å². The van der Waals surface area contributed by atoms with Gasteiger partial charge in [-0.3, -0.25) is 14.4 Å². The summed E-state index contributed by atoms with van der Waals surface area (Å²) in [6.07, 6.45) is -0.334. The topological polar surface area (TPSA) is 111 Å². The van der Waals surface area contributed by atoms with Gasteiger partial charge in [0.2, 0.25) is 5.91 Å². The smallest absolute Gasteiger partial charge is 0.312 e. The molecule has 0 radical (unpaired) electrons. The molecule has 0 spiro atoms. The number of likely N-dealkylation sites (N-methyl/N-ethyl adjacent to an activating group) is 1. The molecule has 3 fully saturated rings. The van der Waals surface area contributed by atoms with E-state index in [1.807, 2.05) is 13.8 Å². The number of morpholine rings is 1. The van der Waals surface area contributed by atoms with E-state index in [1.165, 1.54) is 18.4 Å². The SMILES string of the molecule is CCN1CCN(CC(=O)N2CCN(S(=O)(=O)N3CC(C)OC(C)C3)CC2)C(=O)C1=O. The molecule has 0 saturated carbocycles. The van der Waals surface area contributed by atoms with E-state index in [9.17, 15) is 22.8 Å². The fourth-order valence-electron chi connectivity index (χ4n) is 4.08. The second kappa shape index (κ2) is 9.16. The number of ether oxygens (including phenoxy) is 1. The number of hydrogen-bond acceptors (Lipinski definition) is 6. The highest BCUT2D eigenvalue weighted by molar-refractivity contribution is 7.86. The van der Waals surface area contributed by atoms with Gasteiger partial charge in [0.15, 0.2) is 0 Å². The first-order chi connectivity index (χ1) is 14.1. The maximum absolute atomic E-state index is 13.0. The van der Waals surface area contributed by atoms with Crippen LogP contribution in [0.15, 0.2) is 0 Å². The van der Waals surface area contributed by atoms with E-state index in [2.05, 4.69) is 0 Å². The Morgan fingerprint density at radius 3 is 2.00 bits per heavy atom. The lowest BCUT2D eigenvalue weighted by atomic mass is 10.2. The zero-order valence-corrected chi connectivity index (χ0v) is 18.6. The molecule has 3 amide bonds. The molecule has 0 N–H and O–H groups in total. The van der Waals surface area contributed by atoms with Gasteiger partial charge in [0.05, 0.1) is 12.2 Å². The Hall–Kier alpha value is -1.76. The van der Waals surface area contributed by atoms with Crippen molar-refractivity contribution in [3.05, 3.63) is 0 Å². The molecule has 0 bridgehead atoms. The Morgan fingerprint density at radius 2 is 1.43 bits per heavy atom. The predicted molar refractivity (Wildman–Crippen MR) is 107 cm³/mol. The molecule has 3 aliphatic rings. The van der Waals surface area contributed by atoms with E-state index in [4.69, 9.17) is 4.74 Å². The standard InChI is InChI=1S/C18H31N5O6S/c1-4-19-5-6-21(18(26)17(19)25)13-16(24)20-7-9-22(10-8-20)30(27,28)23-11-14(2)29-15(3)12-23/h14-15H,4-13H2,1-3H3. The molecule has 30 heavy (non-hydrogen) atoms. The minimum absolute atomic E-state index is 0.159. The second-order valence-corrected chi connectivity index (χ2v) is 9.90. The lowest BCUT2D eigenvalue weighted by molar-refractivity contribution is -0.157. The number of hydrogen-bond donors (Lipinski definition) is 0. The normalized spacial score (nSPS) is 27.6. The van der Waals surface area contributed by atoms with E-state index >= 15 is 0 Å². The molecular formula is C18H31N5O6S. The first-order valence-corrected chi connectivity index (χ1v) is 11.8. The summed E-state index contributed by atoms with van der Waals surface area (Å²) in [4.78, 5) is 41.1. The van der Waals surface area contributed by atoms with Crippen LogP contribution in [0.5, 0.6) is 0 Å². The van der Waals surface area contributed by atoms with Crippen LogP contribution in [0.2, 0.25) is 0 Å². The average molecular weight is 446 g/mol. The van der Waals surface area contributed by atoms with Crippen molar-refractivity contribution in [2.45, 2.75) is 33.0 Å².